The minimum Gasteiger partial charge on any atom is -0.493 e. The summed E-state index contributed by atoms with van der Waals surface area (Å²) in [6.07, 6.45) is 3.78. The maximum atomic E-state index is 10.8. The maximum Gasteiger partial charge on any atom is 0.215 e. The molecule has 2 aromatic carbocycles. The molecule has 1 N–H and O–H groups in total. The Morgan fingerprint density at radius 3 is 2.54 bits per heavy atom. The number of rotatable bonds is 5. The van der Waals surface area contributed by atoms with Crippen molar-refractivity contribution in [3.8, 4) is 11.6 Å². The van der Waals surface area contributed by atoms with Crippen LogP contribution in [0.3, 0.4) is 0 Å². The van der Waals surface area contributed by atoms with Crippen LogP contribution in [0.2, 0.25) is 0 Å². The minimum atomic E-state index is 0.163. The van der Waals surface area contributed by atoms with E-state index in [4.69, 9.17) is 12.2 Å². The molecular formula is C22H21N3OS2. The molecule has 142 valence electrons. The third kappa shape index (κ3) is 3.30. The van der Waals surface area contributed by atoms with E-state index < -0.39 is 0 Å². The van der Waals surface area contributed by atoms with E-state index in [0.29, 0.717) is 3.95 Å². The monoisotopic (exact) mass is 407 g/mol. The number of allylic oxidation sites excluding steroid dienone is 1. The second-order valence-electron chi connectivity index (χ2n) is 6.45. The van der Waals surface area contributed by atoms with Gasteiger partial charge in [0.25, 0.3) is 0 Å². The Morgan fingerprint density at radius 2 is 1.82 bits per heavy atom. The van der Waals surface area contributed by atoms with Crippen molar-refractivity contribution in [2.45, 2.75) is 13.8 Å². The molecule has 3 aromatic rings. The van der Waals surface area contributed by atoms with E-state index in [-0.39, 0.29) is 5.88 Å². The highest BCUT2D eigenvalue weighted by Crippen LogP contribution is 2.37. The largest absolute Gasteiger partial charge is 0.493 e. The molecule has 0 unspecified atom stereocenters. The topological polar surface area (TPSA) is 40.8 Å². The number of hydrogen-bond donors (Lipinski definition) is 1. The lowest BCUT2D eigenvalue weighted by Crippen LogP contribution is -2.21. The number of fused-ring (bicyclic) bond motifs is 1. The van der Waals surface area contributed by atoms with Gasteiger partial charge in [0, 0.05) is 36.1 Å². The first kappa shape index (κ1) is 18.7. The van der Waals surface area contributed by atoms with Gasteiger partial charge in [-0.15, -0.1) is 11.3 Å². The summed E-state index contributed by atoms with van der Waals surface area (Å²) in [5, 5.41) is 10.8. The Kier molecular flexibility index (Phi) is 5.15. The van der Waals surface area contributed by atoms with Gasteiger partial charge in [-0.05, 0) is 62.5 Å². The minimum absolute atomic E-state index is 0.163. The molecule has 4 nitrogen and oxygen atoms in total. The third-order valence-electron chi connectivity index (χ3n) is 4.89. The van der Waals surface area contributed by atoms with Crippen molar-refractivity contribution in [3.63, 3.8) is 0 Å². The molecule has 1 aliphatic rings. The quantitative estimate of drug-likeness (QED) is 0.521. The van der Waals surface area contributed by atoms with Crippen molar-refractivity contribution in [1.29, 1.82) is 0 Å². The Bertz CT molecular complexity index is 1120. The smallest absolute Gasteiger partial charge is 0.215 e. The average molecular weight is 408 g/mol. The standard InChI is InChI=1S/C22H21N3OS2/c1-3-24(4-2)16-9-11-17(12-10-16)25-21(26)20(28-22(25)27)13-15-14-23-19-8-6-5-7-18(15)19/h5-14,26H,3-4H2,1-2H3. The lowest BCUT2D eigenvalue weighted by Gasteiger charge is -2.21. The molecule has 0 saturated carbocycles. The number of hydrogen-bond acceptors (Lipinski definition) is 5. The number of benzene rings is 2. The lowest BCUT2D eigenvalue weighted by atomic mass is 10.1. The first-order valence-electron chi connectivity index (χ1n) is 9.27. The summed E-state index contributed by atoms with van der Waals surface area (Å²) in [7, 11) is 0. The maximum absolute atomic E-state index is 10.8. The van der Waals surface area contributed by atoms with E-state index in [0.717, 1.165) is 46.2 Å². The fourth-order valence-corrected chi connectivity index (χ4v) is 4.70. The van der Waals surface area contributed by atoms with E-state index in [1.54, 1.807) is 4.57 Å². The summed E-state index contributed by atoms with van der Waals surface area (Å²) < 4.78 is 2.33. The molecule has 0 saturated heterocycles. The number of nitrogens with zero attached hydrogens (tertiary/aromatic N) is 3. The van der Waals surface area contributed by atoms with E-state index in [2.05, 4.69) is 35.9 Å². The molecule has 4 rings (SSSR count). The van der Waals surface area contributed by atoms with Crippen LogP contribution >= 0.6 is 23.6 Å². The summed E-state index contributed by atoms with van der Waals surface area (Å²) in [5.41, 5.74) is 5.02. The molecule has 6 heteroatoms. The van der Waals surface area contributed by atoms with Crippen LogP contribution in [-0.2, 0) is 0 Å². The predicted octanol–water partition coefficient (Wildman–Crippen LogP) is 6.08. The molecule has 0 fully saturated rings. The molecule has 0 amide bonds. The zero-order valence-corrected chi connectivity index (χ0v) is 17.4. The van der Waals surface area contributed by atoms with Gasteiger partial charge >= 0.3 is 0 Å². The van der Waals surface area contributed by atoms with Crippen LogP contribution in [0.1, 0.15) is 24.3 Å². The van der Waals surface area contributed by atoms with Gasteiger partial charge in [-0.1, -0.05) is 18.2 Å². The van der Waals surface area contributed by atoms with Crippen molar-refractivity contribution < 1.29 is 5.11 Å². The Morgan fingerprint density at radius 1 is 1.11 bits per heavy atom. The zero-order chi connectivity index (χ0) is 19.7. The molecular weight excluding hydrogens is 386 g/mol. The molecule has 0 bridgehead atoms. The Labute approximate surface area is 173 Å². The number of anilines is 1. The summed E-state index contributed by atoms with van der Waals surface area (Å²) >= 11 is 6.94. The fourth-order valence-electron chi connectivity index (χ4n) is 3.40. The van der Waals surface area contributed by atoms with Gasteiger partial charge in [-0.2, -0.15) is 0 Å². The van der Waals surface area contributed by atoms with Crippen molar-refractivity contribution in [2.75, 3.05) is 18.0 Å². The first-order chi connectivity index (χ1) is 13.6. The Balaban J connectivity index is 1.70. The van der Waals surface area contributed by atoms with Gasteiger partial charge < -0.3 is 10.0 Å². The number of aromatic hydroxyl groups is 1. The number of aromatic nitrogens is 1. The molecule has 0 radical (unpaired) electrons. The number of aliphatic imine (C=N–C) groups is 1. The fraction of sp³-hybridized carbons (Fsp3) is 0.182. The highest BCUT2D eigenvalue weighted by molar-refractivity contribution is 7.73. The number of thiazole rings is 1. The second-order valence-corrected chi connectivity index (χ2v) is 8.13. The van der Waals surface area contributed by atoms with Gasteiger partial charge in [-0.25, -0.2) is 0 Å². The van der Waals surface area contributed by atoms with Gasteiger partial charge in [0.15, 0.2) is 3.95 Å². The summed E-state index contributed by atoms with van der Waals surface area (Å²) in [4.78, 5) is 7.44. The average Bonchev–Trinajstić information content (AvgIpc) is 3.24. The van der Waals surface area contributed by atoms with Crippen molar-refractivity contribution >= 4 is 52.8 Å². The van der Waals surface area contributed by atoms with Crippen molar-refractivity contribution in [3.05, 3.63) is 62.9 Å². The van der Waals surface area contributed by atoms with Crippen molar-refractivity contribution in [1.82, 2.24) is 4.57 Å². The van der Waals surface area contributed by atoms with E-state index in [1.165, 1.54) is 11.3 Å². The van der Waals surface area contributed by atoms with Gasteiger partial charge in [0.05, 0.1) is 16.3 Å². The van der Waals surface area contributed by atoms with Gasteiger partial charge in [0.1, 0.15) is 0 Å². The molecule has 1 aliphatic heterocycles. The van der Waals surface area contributed by atoms with Crippen LogP contribution in [0.5, 0.6) is 5.88 Å². The van der Waals surface area contributed by atoms with Crippen molar-refractivity contribution in [2.24, 2.45) is 4.99 Å². The summed E-state index contributed by atoms with van der Waals surface area (Å²) in [6.45, 7) is 6.20. The number of para-hydroxylation sites is 1. The molecule has 1 aromatic heterocycles. The highest BCUT2D eigenvalue weighted by atomic mass is 32.1. The van der Waals surface area contributed by atoms with Gasteiger partial charge in [0.2, 0.25) is 5.88 Å². The Hall–Kier alpha value is -2.70. The molecule has 0 aliphatic carbocycles. The summed E-state index contributed by atoms with van der Waals surface area (Å²) in [5.74, 6) is 0.163. The van der Waals surface area contributed by atoms with Crippen LogP contribution in [-0.4, -0.2) is 29.0 Å². The molecule has 2 heterocycles. The first-order valence-corrected chi connectivity index (χ1v) is 10.5. The molecule has 28 heavy (non-hydrogen) atoms. The SMILES string of the molecule is CCN(CC)c1ccc(-n2c(O)c(C=C3C=Nc4ccccc43)sc2=S)cc1. The normalized spacial score (nSPS) is 13.9. The highest BCUT2D eigenvalue weighted by Gasteiger charge is 2.16. The van der Waals surface area contributed by atoms with E-state index in [1.807, 2.05) is 48.7 Å². The van der Waals surface area contributed by atoms with Crippen LogP contribution in [0, 0.1) is 3.95 Å². The second kappa shape index (κ2) is 7.73. The van der Waals surface area contributed by atoms with Gasteiger partial charge in [-0.3, -0.25) is 9.56 Å². The lowest BCUT2D eigenvalue weighted by molar-refractivity contribution is 0.441. The van der Waals surface area contributed by atoms with Crippen LogP contribution in [0.4, 0.5) is 11.4 Å². The van der Waals surface area contributed by atoms with E-state index in [9.17, 15) is 5.11 Å². The summed E-state index contributed by atoms with van der Waals surface area (Å²) in [6, 6.07) is 16.1. The van der Waals surface area contributed by atoms with Crippen LogP contribution in [0.25, 0.3) is 17.3 Å². The van der Waals surface area contributed by atoms with Crippen LogP contribution in [0.15, 0.2) is 53.5 Å². The van der Waals surface area contributed by atoms with E-state index >= 15 is 0 Å². The molecule has 0 spiro atoms. The zero-order valence-electron chi connectivity index (χ0n) is 15.8. The molecule has 0 atom stereocenters. The third-order valence-corrected chi connectivity index (χ3v) is 6.20. The predicted molar refractivity (Wildman–Crippen MR) is 122 cm³/mol. The van der Waals surface area contributed by atoms with Crippen LogP contribution < -0.4 is 4.90 Å².